The van der Waals surface area contributed by atoms with E-state index < -0.39 is 0 Å². The van der Waals surface area contributed by atoms with E-state index in [2.05, 4.69) is 50.4 Å². The summed E-state index contributed by atoms with van der Waals surface area (Å²) in [6.45, 7) is 6.11. The predicted molar refractivity (Wildman–Crippen MR) is 163 cm³/mol. The van der Waals surface area contributed by atoms with E-state index in [-0.39, 0.29) is 17.9 Å². The number of aromatic amines is 1. The van der Waals surface area contributed by atoms with Crippen LogP contribution >= 0.6 is 0 Å². The number of H-pyrrole nitrogens is 1. The van der Waals surface area contributed by atoms with Crippen molar-refractivity contribution in [1.29, 1.82) is 0 Å². The zero-order chi connectivity index (χ0) is 28.6. The van der Waals surface area contributed by atoms with Crippen LogP contribution in [-0.2, 0) is 22.6 Å². The van der Waals surface area contributed by atoms with Crippen LogP contribution in [0.25, 0.3) is 10.9 Å². The van der Waals surface area contributed by atoms with Crippen molar-refractivity contribution in [1.82, 2.24) is 20.1 Å². The third-order valence-electron chi connectivity index (χ3n) is 7.81. The van der Waals surface area contributed by atoms with E-state index in [1.54, 1.807) is 18.9 Å². The summed E-state index contributed by atoms with van der Waals surface area (Å²) in [6, 6.07) is 26.0. The first-order chi connectivity index (χ1) is 20.0. The average Bonchev–Trinajstić information content (AvgIpc) is 3.40. The molecule has 1 atom stereocenters. The molecule has 0 saturated carbocycles. The number of piperazine rings is 1. The summed E-state index contributed by atoms with van der Waals surface area (Å²) in [4.78, 5) is 35.9. The average molecular weight is 554 g/mol. The number of carbonyl (C=O) groups is 2. The second kappa shape index (κ2) is 13.4. The number of para-hydroxylation sites is 3. The minimum atomic E-state index is -0.258. The maximum Gasteiger partial charge on any atom is 0.234 e. The van der Waals surface area contributed by atoms with Crippen molar-refractivity contribution in [2.45, 2.75) is 25.9 Å². The van der Waals surface area contributed by atoms with Gasteiger partial charge in [-0.15, -0.1) is 0 Å². The van der Waals surface area contributed by atoms with Crippen LogP contribution < -0.4 is 15.0 Å². The normalized spacial score (nSPS) is 14.5. The standard InChI is InChI=1S/C33H39N5O3/c1-25(39)38(22-26-10-6-9-15-32(26)41-2)23-28(20-27-21-34-31-14-8-7-13-30(27)31)35-33(40)24-36-16-18-37(19-17-36)29-11-4-3-5-12-29/h3-15,21,28,34H,16-20,22-24H2,1-2H3,(H,35,40)/t28-/m1/s1. The smallest absolute Gasteiger partial charge is 0.234 e. The Morgan fingerprint density at radius 3 is 2.39 bits per heavy atom. The number of benzene rings is 3. The Morgan fingerprint density at radius 1 is 0.927 bits per heavy atom. The highest BCUT2D eigenvalue weighted by Gasteiger charge is 2.24. The molecule has 5 rings (SSSR count). The number of nitrogens with zero attached hydrogens (tertiary/aromatic N) is 3. The highest BCUT2D eigenvalue weighted by atomic mass is 16.5. The van der Waals surface area contributed by atoms with Gasteiger partial charge in [0.1, 0.15) is 5.75 Å². The number of anilines is 1. The lowest BCUT2D eigenvalue weighted by Crippen LogP contribution is -2.52. The second-order valence-corrected chi connectivity index (χ2v) is 10.6. The molecule has 0 spiro atoms. The van der Waals surface area contributed by atoms with Gasteiger partial charge in [-0.1, -0.05) is 54.6 Å². The second-order valence-electron chi connectivity index (χ2n) is 10.6. The number of rotatable bonds is 11. The number of fused-ring (bicyclic) bond motifs is 1. The molecule has 41 heavy (non-hydrogen) atoms. The maximum atomic E-state index is 13.4. The van der Waals surface area contributed by atoms with E-state index >= 15 is 0 Å². The van der Waals surface area contributed by atoms with Crippen LogP contribution in [0.4, 0.5) is 5.69 Å². The molecule has 0 bridgehead atoms. The van der Waals surface area contributed by atoms with Gasteiger partial charge in [-0.2, -0.15) is 0 Å². The minimum Gasteiger partial charge on any atom is -0.496 e. The first-order valence-electron chi connectivity index (χ1n) is 14.2. The number of carbonyl (C=O) groups excluding carboxylic acids is 2. The first kappa shape index (κ1) is 28.2. The highest BCUT2D eigenvalue weighted by molar-refractivity contribution is 5.83. The number of hydrogen-bond donors (Lipinski definition) is 2. The topological polar surface area (TPSA) is 80.9 Å². The van der Waals surface area contributed by atoms with E-state index in [1.807, 2.05) is 54.7 Å². The Bertz CT molecular complexity index is 1450. The molecule has 1 fully saturated rings. The summed E-state index contributed by atoms with van der Waals surface area (Å²) in [5, 5.41) is 4.40. The molecule has 1 aromatic heterocycles. The molecule has 4 aromatic rings. The summed E-state index contributed by atoms with van der Waals surface area (Å²) in [7, 11) is 1.64. The summed E-state index contributed by atoms with van der Waals surface area (Å²) >= 11 is 0. The summed E-state index contributed by atoms with van der Waals surface area (Å²) in [5.41, 5.74) is 4.32. The van der Waals surface area contributed by atoms with Crippen molar-refractivity contribution >= 4 is 28.4 Å². The fourth-order valence-electron chi connectivity index (χ4n) is 5.62. The van der Waals surface area contributed by atoms with Crippen LogP contribution in [0.5, 0.6) is 5.75 Å². The maximum absolute atomic E-state index is 13.4. The van der Waals surface area contributed by atoms with E-state index in [4.69, 9.17) is 4.74 Å². The molecule has 2 amide bonds. The van der Waals surface area contributed by atoms with E-state index in [1.165, 1.54) is 5.69 Å². The number of nitrogens with one attached hydrogen (secondary N) is 2. The van der Waals surface area contributed by atoms with E-state index in [0.29, 0.717) is 26.1 Å². The Morgan fingerprint density at radius 2 is 1.63 bits per heavy atom. The summed E-state index contributed by atoms with van der Waals surface area (Å²) < 4.78 is 5.53. The van der Waals surface area contributed by atoms with Gasteiger partial charge in [-0.3, -0.25) is 14.5 Å². The Kier molecular flexibility index (Phi) is 9.21. The third kappa shape index (κ3) is 7.27. The lowest BCUT2D eigenvalue weighted by atomic mass is 10.0. The summed E-state index contributed by atoms with van der Waals surface area (Å²) in [5.74, 6) is 0.667. The van der Waals surface area contributed by atoms with Crippen LogP contribution in [-0.4, -0.2) is 79.0 Å². The molecule has 2 N–H and O–H groups in total. The predicted octanol–water partition coefficient (Wildman–Crippen LogP) is 4.07. The number of methoxy groups -OCH3 is 1. The van der Waals surface area contributed by atoms with Gasteiger partial charge < -0.3 is 24.8 Å². The van der Waals surface area contributed by atoms with Crippen molar-refractivity contribution in [3.8, 4) is 5.75 Å². The van der Waals surface area contributed by atoms with Gasteiger partial charge in [-0.05, 0) is 36.2 Å². The van der Waals surface area contributed by atoms with Gasteiger partial charge in [0, 0.05) is 74.5 Å². The number of ether oxygens (including phenoxy) is 1. The molecule has 8 heteroatoms. The molecule has 1 aliphatic heterocycles. The third-order valence-corrected chi connectivity index (χ3v) is 7.81. The van der Waals surface area contributed by atoms with Gasteiger partial charge in [0.05, 0.1) is 19.7 Å². The van der Waals surface area contributed by atoms with Crippen molar-refractivity contribution in [3.63, 3.8) is 0 Å². The van der Waals surface area contributed by atoms with Crippen LogP contribution in [0.2, 0.25) is 0 Å². The molecule has 1 saturated heterocycles. The lowest BCUT2D eigenvalue weighted by Gasteiger charge is -2.36. The van der Waals surface area contributed by atoms with E-state index in [0.717, 1.165) is 54.0 Å². The fourth-order valence-corrected chi connectivity index (χ4v) is 5.62. The van der Waals surface area contributed by atoms with Crippen molar-refractivity contribution < 1.29 is 14.3 Å². The van der Waals surface area contributed by atoms with Gasteiger partial charge in [0.2, 0.25) is 11.8 Å². The number of amides is 2. The zero-order valence-corrected chi connectivity index (χ0v) is 23.9. The molecule has 2 heterocycles. The van der Waals surface area contributed by atoms with Crippen molar-refractivity contribution in [2.24, 2.45) is 0 Å². The lowest BCUT2D eigenvalue weighted by molar-refractivity contribution is -0.131. The zero-order valence-electron chi connectivity index (χ0n) is 23.9. The monoisotopic (exact) mass is 553 g/mol. The highest BCUT2D eigenvalue weighted by Crippen LogP contribution is 2.22. The molecular formula is C33H39N5O3. The fraction of sp³-hybridized carbons (Fsp3) is 0.333. The Hall–Kier alpha value is -4.30. The Labute approximate surface area is 241 Å². The van der Waals surface area contributed by atoms with Gasteiger partial charge in [-0.25, -0.2) is 0 Å². The van der Waals surface area contributed by atoms with Crippen molar-refractivity contribution in [2.75, 3.05) is 51.3 Å². The largest absolute Gasteiger partial charge is 0.496 e. The molecule has 0 radical (unpaired) electrons. The molecule has 8 nitrogen and oxygen atoms in total. The first-order valence-corrected chi connectivity index (χ1v) is 14.2. The SMILES string of the molecule is COc1ccccc1CN(C[C@@H](Cc1c[nH]c2ccccc12)NC(=O)CN1CCN(c2ccccc2)CC1)C(C)=O. The minimum absolute atomic E-state index is 0.0243. The van der Waals surface area contributed by atoms with Crippen LogP contribution in [0.1, 0.15) is 18.1 Å². The van der Waals surface area contributed by atoms with Gasteiger partial charge in [0.25, 0.3) is 0 Å². The van der Waals surface area contributed by atoms with Gasteiger partial charge >= 0.3 is 0 Å². The Balaban J connectivity index is 1.27. The quantitative estimate of drug-likeness (QED) is 0.293. The number of hydrogen-bond acceptors (Lipinski definition) is 5. The summed E-state index contributed by atoms with van der Waals surface area (Å²) in [6.07, 6.45) is 2.61. The molecule has 0 aliphatic carbocycles. The molecule has 0 unspecified atom stereocenters. The van der Waals surface area contributed by atoms with Crippen LogP contribution in [0.3, 0.4) is 0 Å². The molecular weight excluding hydrogens is 514 g/mol. The van der Waals surface area contributed by atoms with Crippen LogP contribution in [0.15, 0.2) is 85.1 Å². The van der Waals surface area contributed by atoms with E-state index in [9.17, 15) is 9.59 Å². The molecule has 214 valence electrons. The van der Waals surface area contributed by atoms with Crippen molar-refractivity contribution in [3.05, 3.63) is 96.2 Å². The van der Waals surface area contributed by atoms with Gasteiger partial charge in [0.15, 0.2) is 0 Å². The number of aromatic nitrogens is 1. The van der Waals surface area contributed by atoms with Crippen LogP contribution in [0, 0.1) is 0 Å². The molecule has 3 aromatic carbocycles. The molecule has 1 aliphatic rings.